The lowest BCUT2D eigenvalue weighted by Gasteiger charge is -2.33. The minimum Gasteiger partial charge on any atom is -0.352 e. The molecule has 13 heteroatoms. The molecule has 2 amide bonds. The second-order valence-corrected chi connectivity index (χ2v) is 13.3. The summed E-state index contributed by atoms with van der Waals surface area (Å²) < 4.78 is 69.4. The van der Waals surface area contributed by atoms with Gasteiger partial charge < -0.3 is 10.2 Å². The number of carbonyl (C=O) groups excluding carboxylic acids is 2. The highest BCUT2D eigenvalue weighted by Gasteiger charge is 2.36. The van der Waals surface area contributed by atoms with Crippen molar-refractivity contribution in [3.63, 3.8) is 0 Å². The van der Waals surface area contributed by atoms with Gasteiger partial charge in [-0.05, 0) is 61.7 Å². The quantitative estimate of drug-likeness (QED) is 0.250. The zero-order chi connectivity index (χ0) is 32.1. The fourth-order valence-electron chi connectivity index (χ4n) is 5.07. The number of nitrogens with zero attached hydrogens (tertiary/aromatic N) is 2. The summed E-state index contributed by atoms with van der Waals surface area (Å²) in [5, 5.41) is 2.99. The highest BCUT2D eigenvalue weighted by atomic mass is 35.5. The molecule has 236 valence electrons. The van der Waals surface area contributed by atoms with Gasteiger partial charge in [0, 0.05) is 17.6 Å². The molecule has 0 aliphatic heterocycles. The van der Waals surface area contributed by atoms with E-state index in [4.69, 9.17) is 23.2 Å². The van der Waals surface area contributed by atoms with Gasteiger partial charge in [0.1, 0.15) is 12.6 Å². The molecule has 0 saturated heterocycles. The predicted molar refractivity (Wildman–Crippen MR) is 164 cm³/mol. The van der Waals surface area contributed by atoms with Gasteiger partial charge in [0.15, 0.2) is 0 Å². The SMILES string of the molecule is CC(C(=O)NC1CCCCC1)N(Cc1ccccc1Cl)C(=O)CN(c1cc(C(F)(F)F)ccc1Cl)S(=O)(=O)c1ccccc1. The summed E-state index contributed by atoms with van der Waals surface area (Å²) in [4.78, 5) is 28.4. The lowest BCUT2D eigenvalue weighted by Crippen LogP contribution is -2.53. The third-order valence-corrected chi connectivity index (χ3v) is 10.0. The van der Waals surface area contributed by atoms with Crippen LogP contribution < -0.4 is 9.62 Å². The third-order valence-electron chi connectivity index (χ3n) is 7.57. The molecule has 1 atom stereocenters. The first kappa shape index (κ1) is 33.6. The third kappa shape index (κ3) is 8.05. The zero-order valence-corrected chi connectivity index (χ0v) is 26.2. The fraction of sp³-hybridized carbons (Fsp3) is 0.355. The molecule has 1 saturated carbocycles. The van der Waals surface area contributed by atoms with Crippen LogP contribution in [0.25, 0.3) is 0 Å². The standard InChI is InChI=1S/C31H32Cl2F3N3O4S/c1-21(30(41)37-24-11-4-2-5-12-24)38(19-22-10-8-9-15-26(22)32)29(40)20-39(44(42,43)25-13-6-3-7-14-25)28-18-23(31(34,35)36)16-17-27(28)33/h3,6-10,13-18,21,24H,2,4-5,11-12,19-20H2,1H3,(H,37,41). The lowest BCUT2D eigenvalue weighted by atomic mass is 9.95. The molecule has 0 spiro atoms. The van der Waals surface area contributed by atoms with Crippen molar-refractivity contribution in [2.45, 2.75) is 68.7 Å². The molecule has 0 aromatic heterocycles. The number of hydrogen-bond acceptors (Lipinski definition) is 4. The van der Waals surface area contributed by atoms with Crippen molar-refractivity contribution in [2.75, 3.05) is 10.8 Å². The lowest BCUT2D eigenvalue weighted by molar-refractivity contribution is -0.139. The molecule has 4 rings (SSSR count). The van der Waals surface area contributed by atoms with E-state index in [0.29, 0.717) is 21.0 Å². The Kier molecular flexibility index (Phi) is 10.9. The van der Waals surface area contributed by atoms with Gasteiger partial charge in [-0.1, -0.05) is 78.9 Å². The molecule has 1 fully saturated rings. The van der Waals surface area contributed by atoms with Crippen LogP contribution in [0.15, 0.2) is 77.7 Å². The Morgan fingerprint density at radius 1 is 0.932 bits per heavy atom. The first-order valence-corrected chi connectivity index (χ1v) is 16.3. The van der Waals surface area contributed by atoms with Crippen molar-refractivity contribution in [3.05, 3.63) is 94.0 Å². The Labute approximate surface area is 265 Å². The number of anilines is 1. The van der Waals surface area contributed by atoms with E-state index in [-0.39, 0.29) is 22.5 Å². The number of rotatable bonds is 10. The van der Waals surface area contributed by atoms with Crippen molar-refractivity contribution < 1.29 is 31.2 Å². The Bertz CT molecular complexity index is 1580. The van der Waals surface area contributed by atoms with Crippen LogP contribution in [0, 0.1) is 0 Å². The molecule has 1 unspecified atom stereocenters. The van der Waals surface area contributed by atoms with Gasteiger partial charge in [0.25, 0.3) is 10.0 Å². The molecular weight excluding hydrogens is 638 g/mol. The Morgan fingerprint density at radius 2 is 1.57 bits per heavy atom. The molecule has 0 radical (unpaired) electrons. The van der Waals surface area contributed by atoms with Crippen LogP contribution >= 0.6 is 23.2 Å². The predicted octanol–water partition coefficient (Wildman–Crippen LogP) is 7.07. The van der Waals surface area contributed by atoms with E-state index in [1.54, 1.807) is 30.3 Å². The van der Waals surface area contributed by atoms with Gasteiger partial charge in [-0.2, -0.15) is 13.2 Å². The monoisotopic (exact) mass is 669 g/mol. The smallest absolute Gasteiger partial charge is 0.352 e. The molecule has 7 nitrogen and oxygen atoms in total. The topological polar surface area (TPSA) is 86.8 Å². The highest BCUT2D eigenvalue weighted by Crippen LogP contribution is 2.37. The van der Waals surface area contributed by atoms with E-state index in [2.05, 4.69) is 5.32 Å². The molecule has 0 bridgehead atoms. The number of sulfonamides is 1. The Morgan fingerprint density at radius 3 is 2.20 bits per heavy atom. The summed E-state index contributed by atoms with van der Waals surface area (Å²) in [6.07, 6.45) is -0.213. The van der Waals surface area contributed by atoms with E-state index < -0.39 is 51.9 Å². The molecule has 3 aromatic rings. The second kappa shape index (κ2) is 14.2. The summed E-state index contributed by atoms with van der Waals surface area (Å²) in [5.74, 6) is -1.28. The van der Waals surface area contributed by atoms with Gasteiger partial charge in [-0.3, -0.25) is 13.9 Å². The van der Waals surface area contributed by atoms with Gasteiger partial charge in [-0.15, -0.1) is 0 Å². The summed E-state index contributed by atoms with van der Waals surface area (Å²) in [7, 11) is -4.61. The van der Waals surface area contributed by atoms with Crippen LogP contribution in [0.1, 0.15) is 50.2 Å². The Balaban J connectivity index is 1.75. The van der Waals surface area contributed by atoms with Crippen LogP contribution in [0.3, 0.4) is 0 Å². The van der Waals surface area contributed by atoms with Crippen molar-refractivity contribution in [3.8, 4) is 0 Å². The first-order valence-electron chi connectivity index (χ1n) is 14.1. The van der Waals surface area contributed by atoms with Crippen molar-refractivity contribution in [1.82, 2.24) is 10.2 Å². The van der Waals surface area contributed by atoms with E-state index in [1.165, 1.54) is 36.1 Å². The second-order valence-electron chi connectivity index (χ2n) is 10.6. The van der Waals surface area contributed by atoms with Gasteiger partial charge in [0.05, 0.1) is 21.2 Å². The summed E-state index contributed by atoms with van der Waals surface area (Å²) in [6, 6.07) is 14.8. The van der Waals surface area contributed by atoms with E-state index in [1.807, 2.05) is 0 Å². The maximum absolute atomic E-state index is 14.1. The van der Waals surface area contributed by atoms with Crippen LogP contribution in [-0.2, 0) is 32.3 Å². The number of carbonyl (C=O) groups is 2. The molecule has 0 heterocycles. The van der Waals surface area contributed by atoms with Crippen molar-refractivity contribution in [2.24, 2.45) is 0 Å². The molecule has 1 N–H and O–H groups in total. The molecule has 3 aromatic carbocycles. The van der Waals surface area contributed by atoms with Crippen LogP contribution in [0.5, 0.6) is 0 Å². The number of benzene rings is 3. The fourth-order valence-corrected chi connectivity index (χ4v) is 6.99. The van der Waals surface area contributed by atoms with Gasteiger partial charge in [-0.25, -0.2) is 8.42 Å². The average molecular weight is 671 g/mol. The maximum atomic E-state index is 14.1. The average Bonchev–Trinajstić information content (AvgIpc) is 2.99. The first-order chi connectivity index (χ1) is 20.8. The normalized spacial score (nSPS) is 15.0. The van der Waals surface area contributed by atoms with Crippen LogP contribution in [0.4, 0.5) is 18.9 Å². The summed E-state index contributed by atoms with van der Waals surface area (Å²) in [6.45, 7) is 0.414. The van der Waals surface area contributed by atoms with Gasteiger partial charge >= 0.3 is 6.18 Å². The maximum Gasteiger partial charge on any atom is 0.416 e. The number of nitrogens with one attached hydrogen (secondary N) is 1. The van der Waals surface area contributed by atoms with Crippen molar-refractivity contribution >= 4 is 50.7 Å². The number of halogens is 5. The van der Waals surface area contributed by atoms with Crippen molar-refractivity contribution in [1.29, 1.82) is 0 Å². The molecule has 44 heavy (non-hydrogen) atoms. The molecular formula is C31H32Cl2F3N3O4S. The number of amides is 2. The molecule has 1 aliphatic carbocycles. The summed E-state index contributed by atoms with van der Waals surface area (Å²) in [5.41, 5.74) is -1.18. The van der Waals surface area contributed by atoms with Crippen LogP contribution in [-0.4, -0.2) is 43.8 Å². The van der Waals surface area contributed by atoms with E-state index in [0.717, 1.165) is 44.2 Å². The minimum absolute atomic E-state index is 0.0603. The number of alkyl halides is 3. The zero-order valence-electron chi connectivity index (χ0n) is 23.9. The van der Waals surface area contributed by atoms with E-state index in [9.17, 15) is 31.2 Å². The summed E-state index contributed by atoms with van der Waals surface area (Å²) >= 11 is 12.7. The number of hydrogen-bond donors (Lipinski definition) is 1. The van der Waals surface area contributed by atoms with Gasteiger partial charge in [0.2, 0.25) is 11.8 Å². The highest BCUT2D eigenvalue weighted by molar-refractivity contribution is 7.92. The molecule has 1 aliphatic rings. The Hall–Kier alpha value is -3.28. The minimum atomic E-state index is -4.81. The largest absolute Gasteiger partial charge is 0.416 e. The van der Waals surface area contributed by atoms with Crippen LogP contribution in [0.2, 0.25) is 10.0 Å². The van der Waals surface area contributed by atoms with E-state index >= 15 is 0 Å².